The predicted molar refractivity (Wildman–Crippen MR) is 391 cm³/mol. The second-order valence-corrected chi connectivity index (χ2v) is 38.0. The molecule has 0 bridgehead atoms. The Hall–Kier alpha value is -5.67. The van der Waals surface area contributed by atoms with Gasteiger partial charge in [0, 0.05) is 99.2 Å². The maximum atomic E-state index is 15.0. The molecule has 3 amide bonds. The van der Waals surface area contributed by atoms with E-state index in [0.29, 0.717) is 0 Å². The quantitative estimate of drug-likeness (QED) is 0.0192. The summed E-state index contributed by atoms with van der Waals surface area (Å²) in [7, 11) is 0. The Morgan fingerprint density at radius 1 is 0.228 bits per heavy atom. The van der Waals surface area contributed by atoms with Crippen LogP contribution < -0.4 is 21.7 Å². The number of amides is 3. The third-order valence-electron chi connectivity index (χ3n) is 14.7. The number of alkyl halides is 1. The minimum atomic E-state index is -1.62. The summed E-state index contributed by atoms with van der Waals surface area (Å²) in [6.45, 7) is 44.1. The fourth-order valence-electron chi connectivity index (χ4n) is 10.8. The Morgan fingerprint density at radius 2 is 0.356 bits per heavy atom. The molecule has 0 aromatic rings. The molecule has 25 nitrogen and oxygen atoms in total. The SMILES string of the molecule is CC(C)(C)OC(=O)CCC(CCC(=O)OC(C)(C)C)(CCC(=O)OC(C)(C)C)NC(=O)CCC(N)(CCC(=O)NC(CCC(=O)OC(C)(C)C)(CCC(=O)OC(C)(C)C)CCC(=O)OC(C)(C)C)CCC(=O)NC(CCC(=O)OC(C)(C)C)(CCC(=O)OC(C)(C)C)CCC(=O)OC(C)(C)I. The first-order chi connectivity index (χ1) is 45.2. The summed E-state index contributed by atoms with van der Waals surface area (Å²) < 4.78 is 50.1. The van der Waals surface area contributed by atoms with Crippen LogP contribution in [0.1, 0.15) is 334 Å². The van der Waals surface area contributed by atoms with Gasteiger partial charge in [-0.05, 0) is 280 Å². The van der Waals surface area contributed by atoms with Crippen molar-refractivity contribution in [1.29, 1.82) is 0 Å². The van der Waals surface area contributed by atoms with Crippen LogP contribution in [0.5, 0.6) is 0 Å². The lowest BCUT2D eigenvalue weighted by atomic mass is 9.81. The highest BCUT2D eigenvalue weighted by Crippen LogP contribution is 2.35. The Labute approximate surface area is 617 Å². The van der Waals surface area contributed by atoms with E-state index in [4.69, 9.17) is 48.4 Å². The highest BCUT2D eigenvalue weighted by Gasteiger charge is 2.41. The van der Waals surface area contributed by atoms with Crippen LogP contribution >= 0.6 is 22.6 Å². The number of nitrogens with one attached hydrogen (secondary N) is 3. The van der Waals surface area contributed by atoms with Crippen molar-refractivity contribution in [3.8, 4) is 0 Å². The zero-order valence-corrected chi connectivity index (χ0v) is 68.7. The maximum Gasteiger partial charge on any atom is 0.307 e. The van der Waals surface area contributed by atoms with Crippen LogP contribution in [0.15, 0.2) is 0 Å². The van der Waals surface area contributed by atoms with E-state index in [1.807, 2.05) is 22.6 Å². The van der Waals surface area contributed by atoms with Gasteiger partial charge in [-0.3, -0.25) is 57.5 Å². The van der Waals surface area contributed by atoms with Crippen molar-refractivity contribution in [2.75, 3.05) is 0 Å². The molecule has 0 saturated heterocycles. The molecule has 584 valence electrons. The summed E-state index contributed by atoms with van der Waals surface area (Å²) in [6, 6.07) is 0. The van der Waals surface area contributed by atoms with Crippen LogP contribution in [0.2, 0.25) is 0 Å². The van der Waals surface area contributed by atoms with Crippen LogP contribution in [0.3, 0.4) is 0 Å². The summed E-state index contributed by atoms with van der Waals surface area (Å²) in [5, 5.41) is 9.21. The molecule has 0 saturated carbocycles. The zero-order valence-electron chi connectivity index (χ0n) is 66.5. The predicted octanol–water partition coefficient (Wildman–Crippen LogP) is 13.1. The third kappa shape index (κ3) is 50.4. The number of esters is 9. The van der Waals surface area contributed by atoms with Crippen LogP contribution in [0.4, 0.5) is 0 Å². The van der Waals surface area contributed by atoms with E-state index in [9.17, 15) is 57.5 Å². The largest absolute Gasteiger partial charge is 0.460 e. The molecule has 0 rings (SSSR count). The summed E-state index contributed by atoms with van der Waals surface area (Å²) in [5.41, 5.74) is -5.66. The van der Waals surface area contributed by atoms with E-state index >= 15 is 0 Å². The van der Waals surface area contributed by atoms with Crippen molar-refractivity contribution >= 4 is 94.0 Å². The van der Waals surface area contributed by atoms with Crippen molar-refractivity contribution in [3.63, 3.8) is 0 Å². The molecule has 0 aromatic heterocycles. The molecule has 0 aliphatic heterocycles. The topological polar surface area (TPSA) is 350 Å². The van der Waals surface area contributed by atoms with E-state index in [-0.39, 0.29) is 135 Å². The molecule has 0 radical (unpaired) electrons. The summed E-state index contributed by atoms with van der Waals surface area (Å²) in [4.78, 5) is 166. The average molecular weight is 1550 g/mol. The molecule has 101 heavy (non-hydrogen) atoms. The third-order valence-corrected chi connectivity index (χ3v) is 15.0. The Balaban J connectivity index is 8.47. The molecule has 0 spiro atoms. The number of carbonyl (C=O) groups excluding carboxylic acids is 12. The molecule has 0 heterocycles. The van der Waals surface area contributed by atoms with Crippen LogP contribution in [0.25, 0.3) is 0 Å². The maximum absolute atomic E-state index is 15.0. The minimum absolute atomic E-state index is 0.109. The van der Waals surface area contributed by atoms with E-state index in [2.05, 4.69) is 16.0 Å². The Morgan fingerprint density at radius 3 is 0.475 bits per heavy atom. The van der Waals surface area contributed by atoms with Crippen LogP contribution in [0, 0.1) is 0 Å². The normalized spacial score (nSPS) is 13.2. The lowest BCUT2D eigenvalue weighted by Gasteiger charge is -2.38. The summed E-state index contributed by atoms with van der Waals surface area (Å²) >= 11 is 1.96. The number of rotatable bonds is 40. The molecular formula is C75H131IN4O21. The number of hydrogen-bond acceptors (Lipinski definition) is 22. The Bertz CT molecular complexity index is 2240. The molecule has 0 aromatic carbocycles. The molecule has 0 aliphatic rings. The average Bonchev–Trinajstić information content (AvgIpc) is 0.842. The summed E-state index contributed by atoms with van der Waals surface area (Å²) in [6.07, 6.45) is -5.20. The first-order valence-electron chi connectivity index (χ1n) is 35.6. The van der Waals surface area contributed by atoms with Crippen molar-refractivity contribution < 1.29 is 100 Å². The van der Waals surface area contributed by atoms with E-state index in [0.717, 1.165) is 0 Å². The van der Waals surface area contributed by atoms with Gasteiger partial charge in [0.25, 0.3) is 0 Å². The molecule has 5 N–H and O–H groups in total. The van der Waals surface area contributed by atoms with Gasteiger partial charge in [0.1, 0.15) is 44.8 Å². The van der Waals surface area contributed by atoms with Gasteiger partial charge in [0.15, 0.2) is 3.61 Å². The second-order valence-electron chi connectivity index (χ2n) is 35.4. The van der Waals surface area contributed by atoms with E-state index in [1.54, 1.807) is 180 Å². The fourth-order valence-corrected chi connectivity index (χ4v) is 11.0. The zero-order chi connectivity index (χ0) is 78.9. The highest BCUT2D eigenvalue weighted by molar-refractivity contribution is 14.1. The summed E-state index contributed by atoms with van der Waals surface area (Å²) in [5.74, 6) is -7.51. The van der Waals surface area contributed by atoms with Gasteiger partial charge in [-0.25, -0.2) is 0 Å². The monoisotopic (exact) mass is 1550 g/mol. The number of carbonyl (C=O) groups is 12. The smallest absolute Gasteiger partial charge is 0.307 e. The van der Waals surface area contributed by atoms with Gasteiger partial charge in [0.2, 0.25) is 17.7 Å². The van der Waals surface area contributed by atoms with Crippen molar-refractivity contribution in [2.24, 2.45) is 5.73 Å². The van der Waals surface area contributed by atoms with Crippen LogP contribution in [-0.4, -0.2) is 142 Å². The number of nitrogens with two attached hydrogens (primary N) is 1. The molecule has 0 fully saturated rings. The number of halogens is 1. The lowest BCUT2D eigenvalue weighted by molar-refractivity contribution is -0.158. The van der Waals surface area contributed by atoms with Gasteiger partial charge in [-0.1, -0.05) is 0 Å². The molecule has 0 unspecified atom stereocenters. The van der Waals surface area contributed by atoms with Gasteiger partial charge in [-0.15, -0.1) is 0 Å². The van der Waals surface area contributed by atoms with Crippen LogP contribution in [-0.2, 0) is 100 Å². The lowest BCUT2D eigenvalue weighted by Crippen LogP contribution is -2.52. The van der Waals surface area contributed by atoms with Gasteiger partial charge < -0.3 is 64.3 Å². The Kier molecular flexibility index (Phi) is 37.2. The van der Waals surface area contributed by atoms with Gasteiger partial charge in [-0.2, -0.15) is 0 Å². The van der Waals surface area contributed by atoms with Crippen molar-refractivity contribution in [1.82, 2.24) is 16.0 Å². The highest BCUT2D eigenvalue weighted by atomic mass is 127. The first kappa shape index (κ1) is 95.3. The fraction of sp³-hybridized carbons (Fsp3) is 0.840. The van der Waals surface area contributed by atoms with Gasteiger partial charge in [0.05, 0.1) is 0 Å². The van der Waals surface area contributed by atoms with Crippen molar-refractivity contribution in [3.05, 3.63) is 0 Å². The molecule has 26 heteroatoms. The van der Waals surface area contributed by atoms with E-state index in [1.165, 1.54) is 0 Å². The minimum Gasteiger partial charge on any atom is -0.460 e. The first-order valence-corrected chi connectivity index (χ1v) is 36.7. The number of hydrogen-bond donors (Lipinski definition) is 4. The standard InChI is InChI=1S/C75H131IN4O21/c1-63(2,3)93-54(84)30-42-73(43-31-55(85)94-64(4,5)6,44-32-56(86)95-65(7,8)9)78-51(81)27-39-72(77,40-28-52(82)79-74(45-33-57(87)96-66(10,11)12,46-34-58(88)97-67(13,14)15)47-35-59(89)98-68(16,17)18)41-29-53(83)80-75(48-36-60(90)99-69(19,20)21,49-37-61(91)100-70(22,23)24)50-38-62(92)101-71(25,26)76/h27-50,77H2,1-26H3,(H,78,81)(H,79,82)(H,80,83). The molecular weight excluding hydrogens is 1420 g/mol. The second kappa shape index (κ2) is 39.4. The molecule has 0 atom stereocenters. The van der Waals surface area contributed by atoms with Gasteiger partial charge >= 0.3 is 53.7 Å². The number of ether oxygens (including phenoxy) is 9. The van der Waals surface area contributed by atoms with E-state index < -0.39 is 161 Å². The van der Waals surface area contributed by atoms with Crippen molar-refractivity contribution in [2.45, 2.75) is 405 Å². The molecule has 0 aliphatic carbocycles.